The molecule has 160 valence electrons. The van der Waals surface area contributed by atoms with Gasteiger partial charge in [-0.2, -0.15) is 0 Å². The van der Waals surface area contributed by atoms with Crippen molar-refractivity contribution in [1.29, 1.82) is 0 Å². The van der Waals surface area contributed by atoms with Gasteiger partial charge in [0.25, 0.3) is 0 Å². The SMILES string of the molecule is CC(=O)OCc1cccc(C(=O)C(C(=O)c2cccc(F)c2)c2nc3ccccc3[nH]2)c1. The third-order valence-corrected chi connectivity index (χ3v) is 4.97. The average Bonchev–Trinajstić information content (AvgIpc) is 3.21. The van der Waals surface area contributed by atoms with Crippen LogP contribution in [0, 0.1) is 5.82 Å². The maximum atomic E-state index is 13.8. The Hall–Kier alpha value is -4.13. The number of hydrogen-bond acceptors (Lipinski definition) is 5. The van der Waals surface area contributed by atoms with Gasteiger partial charge in [0.05, 0.1) is 11.0 Å². The topological polar surface area (TPSA) is 89.1 Å². The van der Waals surface area contributed by atoms with E-state index in [1.165, 1.54) is 25.1 Å². The van der Waals surface area contributed by atoms with Gasteiger partial charge in [-0.25, -0.2) is 9.37 Å². The van der Waals surface area contributed by atoms with Crippen molar-refractivity contribution in [3.63, 3.8) is 0 Å². The van der Waals surface area contributed by atoms with Gasteiger partial charge in [0, 0.05) is 18.1 Å². The molecule has 0 radical (unpaired) electrons. The van der Waals surface area contributed by atoms with Gasteiger partial charge in [-0.05, 0) is 35.9 Å². The maximum absolute atomic E-state index is 13.8. The predicted molar refractivity (Wildman–Crippen MR) is 116 cm³/mol. The van der Waals surface area contributed by atoms with Crippen LogP contribution in [0.3, 0.4) is 0 Å². The maximum Gasteiger partial charge on any atom is 0.302 e. The number of fused-ring (bicyclic) bond motifs is 1. The van der Waals surface area contributed by atoms with Crippen molar-refractivity contribution < 1.29 is 23.5 Å². The highest BCUT2D eigenvalue weighted by atomic mass is 19.1. The summed E-state index contributed by atoms with van der Waals surface area (Å²) >= 11 is 0. The van der Waals surface area contributed by atoms with E-state index in [2.05, 4.69) is 9.97 Å². The number of ether oxygens (including phenoxy) is 1. The van der Waals surface area contributed by atoms with E-state index in [0.29, 0.717) is 16.6 Å². The molecule has 0 aliphatic rings. The standard InChI is InChI=1S/C25H19FN2O4/c1-15(29)32-14-16-6-4-7-17(12-16)23(30)22(24(31)18-8-5-9-19(26)13-18)25-27-20-10-2-3-11-21(20)28-25/h2-13,22H,14H2,1H3,(H,27,28). The molecule has 0 spiro atoms. The molecule has 1 atom stereocenters. The van der Waals surface area contributed by atoms with E-state index in [9.17, 15) is 18.8 Å². The first-order valence-electron chi connectivity index (χ1n) is 9.93. The average molecular weight is 430 g/mol. The Morgan fingerprint density at radius 1 is 0.938 bits per heavy atom. The van der Waals surface area contributed by atoms with Crippen LogP contribution in [0.5, 0.6) is 0 Å². The zero-order chi connectivity index (χ0) is 22.7. The quantitative estimate of drug-likeness (QED) is 0.263. The fourth-order valence-corrected chi connectivity index (χ4v) is 3.45. The number of nitrogens with one attached hydrogen (secondary N) is 1. The number of ketones is 2. The van der Waals surface area contributed by atoms with Crippen molar-refractivity contribution in [2.45, 2.75) is 19.4 Å². The third-order valence-electron chi connectivity index (χ3n) is 4.97. The molecule has 7 heteroatoms. The second-order valence-corrected chi connectivity index (χ2v) is 7.29. The molecule has 0 saturated heterocycles. The van der Waals surface area contributed by atoms with E-state index in [1.54, 1.807) is 42.5 Å². The number of H-pyrrole nitrogens is 1. The van der Waals surface area contributed by atoms with E-state index in [0.717, 1.165) is 6.07 Å². The van der Waals surface area contributed by atoms with E-state index >= 15 is 0 Å². The molecule has 1 unspecified atom stereocenters. The highest BCUT2D eigenvalue weighted by Gasteiger charge is 2.33. The molecular weight excluding hydrogens is 411 g/mol. The number of esters is 1. The molecule has 1 heterocycles. The molecule has 0 aliphatic carbocycles. The summed E-state index contributed by atoms with van der Waals surface area (Å²) in [6.45, 7) is 1.30. The third kappa shape index (κ3) is 4.46. The summed E-state index contributed by atoms with van der Waals surface area (Å²) in [6, 6.07) is 18.9. The minimum atomic E-state index is -1.30. The lowest BCUT2D eigenvalue weighted by atomic mass is 9.89. The number of rotatable bonds is 7. The minimum absolute atomic E-state index is 0.00357. The Balaban J connectivity index is 1.76. The fourth-order valence-electron chi connectivity index (χ4n) is 3.45. The Morgan fingerprint density at radius 2 is 1.62 bits per heavy atom. The largest absolute Gasteiger partial charge is 0.461 e. The monoisotopic (exact) mass is 430 g/mol. The second kappa shape index (κ2) is 8.93. The first-order chi connectivity index (χ1) is 15.4. The second-order valence-electron chi connectivity index (χ2n) is 7.29. The van der Waals surface area contributed by atoms with Crippen LogP contribution in [0.4, 0.5) is 4.39 Å². The number of halogens is 1. The summed E-state index contributed by atoms with van der Waals surface area (Å²) in [5.74, 6) is -3.20. The van der Waals surface area contributed by atoms with Crippen LogP contribution in [0.15, 0.2) is 72.8 Å². The first-order valence-corrected chi connectivity index (χ1v) is 9.93. The molecule has 32 heavy (non-hydrogen) atoms. The Bertz CT molecular complexity index is 1300. The van der Waals surface area contributed by atoms with Gasteiger partial charge in [-0.15, -0.1) is 0 Å². The number of Topliss-reactive ketones (excluding diaryl/α,β-unsaturated/α-hetero) is 2. The molecule has 0 amide bonds. The Kier molecular flexibility index (Phi) is 5.89. The molecule has 4 aromatic rings. The first kappa shape index (κ1) is 21.1. The number of para-hydroxylation sites is 2. The van der Waals surface area contributed by atoms with Gasteiger partial charge in [0.2, 0.25) is 0 Å². The van der Waals surface area contributed by atoms with Crippen LogP contribution in [0.25, 0.3) is 11.0 Å². The summed E-state index contributed by atoms with van der Waals surface area (Å²) in [5.41, 5.74) is 2.21. The van der Waals surface area contributed by atoms with E-state index in [-0.39, 0.29) is 23.6 Å². The Morgan fingerprint density at radius 3 is 2.31 bits per heavy atom. The molecule has 1 N–H and O–H groups in total. The van der Waals surface area contributed by atoms with Crippen molar-refractivity contribution in [3.05, 3.63) is 101 Å². The summed E-state index contributed by atoms with van der Waals surface area (Å²) in [4.78, 5) is 45.5. The normalized spacial score (nSPS) is 11.8. The van der Waals surface area contributed by atoms with Crippen molar-refractivity contribution in [3.8, 4) is 0 Å². The molecule has 0 saturated carbocycles. The van der Waals surface area contributed by atoms with Crippen LogP contribution < -0.4 is 0 Å². The summed E-state index contributed by atoms with van der Waals surface area (Å²) in [5, 5.41) is 0. The van der Waals surface area contributed by atoms with Crippen molar-refractivity contribution >= 4 is 28.6 Å². The number of aromatic amines is 1. The highest BCUT2D eigenvalue weighted by molar-refractivity contribution is 6.19. The Labute approximate surface area is 183 Å². The fraction of sp³-hybridized carbons (Fsp3) is 0.120. The summed E-state index contributed by atoms with van der Waals surface area (Å²) in [6.07, 6.45) is 0. The molecule has 1 aromatic heterocycles. The van der Waals surface area contributed by atoms with Gasteiger partial charge < -0.3 is 9.72 Å². The lowest BCUT2D eigenvalue weighted by molar-refractivity contribution is -0.142. The van der Waals surface area contributed by atoms with E-state index < -0.39 is 29.3 Å². The van der Waals surface area contributed by atoms with Crippen LogP contribution in [-0.4, -0.2) is 27.5 Å². The molecule has 4 rings (SSSR count). The number of hydrogen-bond donors (Lipinski definition) is 1. The number of benzene rings is 3. The number of aromatic nitrogens is 2. The van der Waals surface area contributed by atoms with Gasteiger partial charge in [-0.3, -0.25) is 14.4 Å². The zero-order valence-electron chi connectivity index (χ0n) is 17.2. The van der Waals surface area contributed by atoms with Crippen LogP contribution in [0.1, 0.15) is 44.9 Å². The molecule has 6 nitrogen and oxygen atoms in total. The summed E-state index contributed by atoms with van der Waals surface area (Å²) < 4.78 is 18.8. The summed E-state index contributed by atoms with van der Waals surface area (Å²) in [7, 11) is 0. The highest BCUT2D eigenvalue weighted by Crippen LogP contribution is 2.26. The van der Waals surface area contributed by atoms with E-state index in [1.807, 2.05) is 6.07 Å². The molecule has 0 fully saturated rings. The minimum Gasteiger partial charge on any atom is -0.461 e. The predicted octanol–water partition coefficient (Wildman–Crippen LogP) is 4.61. The molecular formula is C25H19FN2O4. The van der Waals surface area contributed by atoms with Crippen LogP contribution in [0.2, 0.25) is 0 Å². The molecule has 0 bridgehead atoms. The zero-order valence-corrected chi connectivity index (χ0v) is 17.2. The molecule has 0 aliphatic heterocycles. The number of nitrogens with zero attached hydrogens (tertiary/aromatic N) is 1. The lowest BCUT2D eigenvalue weighted by Gasteiger charge is -2.14. The molecule has 3 aromatic carbocycles. The van der Waals surface area contributed by atoms with Gasteiger partial charge in [0.15, 0.2) is 11.6 Å². The lowest BCUT2D eigenvalue weighted by Crippen LogP contribution is -2.24. The van der Waals surface area contributed by atoms with Gasteiger partial charge >= 0.3 is 5.97 Å². The van der Waals surface area contributed by atoms with E-state index in [4.69, 9.17) is 4.74 Å². The smallest absolute Gasteiger partial charge is 0.302 e. The van der Waals surface area contributed by atoms with Gasteiger partial charge in [-0.1, -0.05) is 42.5 Å². The van der Waals surface area contributed by atoms with Crippen molar-refractivity contribution in [1.82, 2.24) is 9.97 Å². The number of carbonyl (C=O) groups is 3. The van der Waals surface area contributed by atoms with Crippen molar-refractivity contribution in [2.24, 2.45) is 0 Å². The van der Waals surface area contributed by atoms with Crippen molar-refractivity contribution in [2.75, 3.05) is 0 Å². The van der Waals surface area contributed by atoms with Crippen LogP contribution in [-0.2, 0) is 16.1 Å². The number of carbonyl (C=O) groups excluding carboxylic acids is 3. The van der Waals surface area contributed by atoms with Crippen LogP contribution >= 0.6 is 0 Å². The van der Waals surface area contributed by atoms with Gasteiger partial charge in [0.1, 0.15) is 24.2 Å². The number of imidazole rings is 1.